The monoisotopic (exact) mass is 243 g/mol. The van der Waals surface area contributed by atoms with E-state index >= 15 is 0 Å². The topological polar surface area (TPSA) is 12.0 Å². The summed E-state index contributed by atoms with van der Waals surface area (Å²) >= 11 is 12.1. The van der Waals surface area contributed by atoms with Crippen molar-refractivity contribution in [1.29, 1.82) is 0 Å². The van der Waals surface area contributed by atoms with Crippen LogP contribution in [0.15, 0.2) is 18.2 Å². The lowest BCUT2D eigenvalue weighted by molar-refractivity contribution is 0.376. The van der Waals surface area contributed by atoms with Gasteiger partial charge in [-0.3, -0.25) is 0 Å². The molecule has 1 heterocycles. The first kappa shape index (κ1) is 11.3. The quantitative estimate of drug-likeness (QED) is 0.839. The van der Waals surface area contributed by atoms with Crippen LogP contribution in [0.5, 0.6) is 0 Å². The van der Waals surface area contributed by atoms with Crippen LogP contribution in [0.2, 0.25) is 10.0 Å². The van der Waals surface area contributed by atoms with E-state index in [1.54, 1.807) is 0 Å². The number of benzene rings is 1. The third kappa shape index (κ3) is 2.87. The van der Waals surface area contributed by atoms with Crippen molar-refractivity contribution in [2.45, 2.75) is 19.3 Å². The van der Waals surface area contributed by atoms with Crippen LogP contribution in [0.4, 0.5) is 0 Å². The average Bonchev–Trinajstić information content (AvgIpc) is 2.26. The Hall–Kier alpha value is -0.240. The predicted octanol–water partition coefficient (Wildman–Crippen LogP) is 3.54. The van der Waals surface area contributed by atoms with E-state index in [2.05, 4.69) is 11.4 Å². The van der Waals surface area contributed by atoms with Crippen molar-refractivity contribution < 1.29 is 0 Å². The molecule has 0 bridgehead atoms. The Bertz CT molecular complexity index is 332. The first-order valence-electron chi connectivity index (χ1n) is 5.41. The van der Waals surface area contributed by atoms with Gasteiger partial charge in [-0.05, 0) is 49.9 Å². The second kappa shape index (κ2) is 5.20. The molecule has 15 heavy (non-hydrogen) atoms. The summed E-state index contributed by atoms with van der Waals surface area (Å²) in [6.45, 7) is 2.25. The smallest absolute Gasteiger partial charge is 0.0624 e. The van der Waals surface area contributed by atoms with Gasteiger partial charge in [0.25, 0.3) is 0 Å². The molecule has 0 aromatic heterocycles. The standard InChI is InChI=1S/C12H15Cl2N/c13-11-5-1-4-10(12(11)14)7-9-3-2-6-15-8-9/h1,4-5,9,15H,2-3,6-8H2. The van der Waals surface area contributed by atoms with E-state index in [-0.39, 0.29) is 0 Å². The van der Waals surface area contributed by atoms with Gasteiger partial charge < -0.3 is 5.32 Å². The van der Waals surface area contributed by atoms with E-state index in [0.717, 1.165) is 24.5 Å². The minimum absolute atomic E-state index is 0.665. The summed E-state index contributed by atoms with van der Waals surface area (Å²) in [7, 11) is 0. The van der Waals surface area contributed by atoms with Crippen LogP contribution in [0.3, 0.4) is 0 Å². The molecule has 1 N–H and O–H groups in total. The van der Waals surface area contributed by atoms with Gasteiger partial charge in [-0.1, -0.05) is 35.3 Å². The molecule has 1 aromatic carbocycles. The van der Waals surface area contributed by atoms with Gasteiger partial charge in [-0.2, -0.15) is 0 Å². The highest BCUT2D eigenvalue weighted by Gasteiger charge is 2.15. The molecule has 0 amide bonds. The molecule has 3 heteroatoms. The molecular weight excluding hydrogens is 229 g/mol. The van der Waals surface area contributed by atoms with Gasteiger partial charge in [-0.25, -0.2) is 0 Å². The fraction of sp³-hybridized carbons (Fsp3) is 0.500. The molecule has 0 aliphatic carbocycles. The number of hydrogen-bond donors (Lipinski definition) is 1. The van der Waals surface area contributed by atoms with Crippen LogP contribution in [0, 0.1) is 5.92 Å². The Labute approximate surface area is 101 Å². The summed E-state index contributed by atoms with van der Waals surface area (Å²) in [5.74, 6) is 0.703. The molecule has 2 rings (SSSR count). The third-order valence-corrected chi connectivity index (χ3v) is 3.80. The highest BCUT2D eigenvalue weighted by molar-refractivity contribution is 6.42. The van der Waals surface area contributed by atoms with E-state index in [1.807, 2.05) is 12.1 Å². The number of nitrogens with one attached hydrogen (secondary N) is 1. The fourth-order valence-corrected chi connectivity index (χ4v) is 2.51. The Balaban J connectivity index is 2.06. The van der Waals surface area contributed by atoms with Crippen LogP contribution < -0.4 is 5.32 Å². The van der Waals surface area contributed by atoms with Crippen molar-refractivity contribution in [1.82, 2.24) is 5.32 Å². The lowest BCUT2D eigenvalue weighted by Gasteiger charge is -2.23. The zero-order valence-electron chi connectivity index (χ0n) is 8.60. The average molecular weight is 244 g/mol. The molecule has 82 valence electrons. The molecule has 1 saturated heterocycles. The first-order valence-corrected chi connectivity index (χ1v) is 6.16. The first-order chi connectivity index (χ1) is 7.27. The minimum atomic E-state index is 0.665. The third-order valence-electron chi connectivity index (χ3n) is 2.94. The fourth-order valence-electron chi connectivity index (χ4n) is 2.12. The van der Waals surface area contributed by atoms with Crippen molar-refractivity contribution >= 4 is 23.2 Å². The molecule has 1 fully saturated rings. The van der Waals surface area contributed by atoms with E-state index in [0.29, 0.717) is 10.9 Å². The molecule has 1 aromatic rings. The number of piperidine rings is 1. The van der Waals surface area contributed by atoms with E-state index in [9.17, 15) is 0 Å². The zero-order valence-corrected chi connectivity index (χ0v) is 10.1. The number of halogens is 2. The summed E-state index contributed by atoms with van der Waals surface area (Å²) in [5, 5.41) is 4.80. The van der Waals surface area contributed by atoms with Crippen LogP contribution >= 0.6 is 23.2 Å². The van der Waals surface area contributed by atoms with E-state index in [4.69, 9.17) is 23.2 Å². The predicted molar refractivity (Wildman–Crippen MR) is 65.8 cm³/mol. The summed E-state index contributed by atoms with van der Waals surface area (Å²) in [5.41, 5.74) is 1.18. The minimum Gasteiger partial charge on any atom is -0.316 e. The maximum absolute atomic E-state index is 6.16. The van der Waals surface area contributed by atoms with Gasteiger partial charge in [0, 0.05) is 0 Å². The van der Waals surface area contributed by atoms with Crippen LogP contribution in [0.25, 0.3) is 0 Å². The number of rotatable bonds is 2. The number of hydrogen-bond acceptors (Lipinski definition) is 1. The second-order valence-electron chi connectivity index (χ2n) is 4.13. The Morgan fingerprint density at radius 1 is 1.33 bits per heavy atom. The summed E-state index contributed by atoms with van der Waals surface area (Å²) in [6, 6.07) is 5.88. The molecule has 1 atom stereocenters. The molecule has 0 spiro atoms. The molecule has 0 saturated carbocycles. The Morgan fingerprint density at radius 2 is 2.20 bits per heavy atom. The second-order valence-corrected chi connectivity index (χ2v) is 4.91. The highest BCUT2D eigenvalue weighted by Crippen LogP contribution is 2.28. The van der Waals surface area contributed by atoms with Crippen molar-refractivity contribution in [3.63, 3.8) is 0 Å². The van der Waals surface area contributed by atoms with Gasteiger partial charge in [0.2, 0.25) is 0 Å². The van der Waals surface area contributed by atoms with Gasteiger partial charge in [-0.15, -0.1) is 0 Å². The van der Waals surface area contributed by atoms with Crippen molar-refractivity contribution in [3.05, 3.63) is 33.8 Å². The van der Waals surface area contributed by atoms with Gasteiger partial charge >= 0.3 is 0 Å². The van der Waals surface area contributed by atoms with Crippen LogP contribution in [-0.2, 0) is 6.42 Å². The molecule has 1 unspecified atom stereocenters. The van der Waals surface area contributed by atoms with Crippen LogP contribution in [-0.4, -0.2) is 13.1 Å². The SMILES string of the molecule is Clc1cccc(CC2CCCNC2)c1Cl. The molecule has 1 aliphatic rings. The lowest BCUT2D eigenvalue weighted by Crippen LogP contribution is -2.30. The van der Waals surface area contributed by atoms with Crippen molar-refractivity contribution in [3.8, 4) is 0 Å². The van der Waals surface area contributed by atoms with E-state index in [1.165, 1.54) is 18.4 Å². The van der Waals surface area contributed by atoms with Gasteiger partial charge in [0.15, 0.2) is 0 Å². The van der Waals surface area contributed by atoms with E-state index < -0.39 is 0 Å². The highest BCUT2D eigenvalue weighted by atomic mass is 35.5. The van der Waals surface area contributed by atoms with Crippen molar-refractivity contribution in [2.75, 3.05) is 13.1 Å². The Kier molecular flexibility index (Phi) is 3.90. The summed E-state index contributed by atoms with van der Waals surface area (Å²) in [4.78, 5) is 0. The molecule has 1 nitrogen and oxygen atoms in total. The Morgan fingerprint density at radius 3 is 2.93 bits per heavy atom. The van der Waals surface area contributed by atoms with Crippen molar-refractivity contribution in [2.24, 2.45) is 5.92 Å². The van der Waals surface area contributed by atoms with Gasteiger partial charge in [0.05, 0.1) is 10.0 Å². The molecule has 1 aliphatic heterocycles. The maximum Gasteiger partial charge on any atom is 0.0624 e. The van der Waals surface area contributed by atoms with Crippen LogP contribution in [0.1, 0.15) is 18.4 Å². The normalized spacial score (nSPS) is 21.6. The maximum atomic E-state index is 6.16. The molecular formula is C12H15Cl2N. The zero-order chi connectivity index (χ0) is 10.7. The van der Waals surface area contributed by atoms with Gasteiger partial charge in [0.1, 0.15) is 0 Å². The largest absolute Gasteiger partial charge is 0.316 e. The molecule has 0 radical (unpaired) electrons. The lowest BCUT2D eigenvalue weighted by atomic mass is 9.92. The summed E-state index contributed by atoms with van der Waals surface area (Å²) < 4.78 is 0. The summed E-state index contributed by atoms with van der Waals surface area (Å²) in [6.07, 6.45) is 3.59.